The Bertz CT molecular complexity index is 893. The van der Waals surface area contributed by atoms with Gasteiger partial charge in [0.25, 0.3) is 11.8 Å². The van der Waals surface area contributed by atoms with E-state index in [2.05, 4.69) is 10.6 Å². The van der Waals surface area contributed by atoms with Crippen LogP contribution in [-0.4, -0.2) is 11.8 Å². The zero-order valence-corrected chi connectivity index (χ0v) is 15.7. The molecule has 3 aromatic rings. The maximum absolute atomic E-state index is 12.6. The Morgan fingerprint density at radius 3 is 1.59 bits per heavy atom. The molecule has 3 rings (SSSR count). The largest absolute Gasteiger partial charge is 0.328 e. The van der Waals surface area contributed by atoms with Crippen molar-refractivity contribution in [3.8, 4) is 0 Å². The molecule has 0 spiro atoms. The van der Waals surface area contributed by atoms with Crippen molar-refractivity contribution in [3.63, 3.8) is 0 Å². The van der Waals surface area contributed by atoms with Gasteiger partial charge in [-0.15, -0.1) is 0 Å². The first-order valence-electron chi connectivity index (χ1n) is 8.21. The molecule has 2 N–H and O–H groups in total. The lowest BCUT2D eigenvalue weighted by molar-refractivity contribution is 0.0883. The van der Waals surface area contributed by atoms with E-state index < -0.39 is 6.17 Å². The number of carbonyl (C=O) groups is 2. The topological polar surface area (TPSA) is 58.2 Å². The van der Waals surface area contributed by atoms with Crippen molar-refractivity contribution in [1.82, 2.24) is 10.6 Å². The average molecular weight is 399 g/mol. The molecule has 0 aromatic heterocycles. The Kier molecular flexibility index (Phi) is 6.12. The molecule has 0 atom stereocenters. The van der Waals surface area contributed by atoms with Crippen molar-refractivity contribution < 1.29 is 9.59 Å². The van der Waals surface area contributed by atoms with Crippen molar-refractivity contribution >= 4 is 35.0 Å². The fourth-order valence-corrected chi connectivity index (χ4v) is 2.81. The predicted octanol–water partition coefficient (Wildman–Crippen LogP) is 4.85. The molecular formula is C21H16Cl2N2O2. The van der Waals surface area contributed by atoms with Crippen LogP contribution in [0.5, 0.6) is 0 Å². The van der Waals surface area contributed by atoms with Gasteiger partial charge in [-0.2, -0.15) is 0 Å². The van der Waals surface area contributed by atoms with E-state index in [0.29, 0.717) is 26.7 Å². The lowest BCUT2D eigenvalue weighted by Crippen LogP contribution is -2.41. The molecule has 3 aromatic carbocycles. The van der Waals surface area contributed by atoms with Gasteiger partial charge in [0, 0.05) is 11.1 Å². The maximum Gasteiger partial charge on any atom is 0.253 e. The van der Waals surface area contributed by atoms with Gasteiger partial charge >= 0.3 is 0 Å². The van der Waals surface area contributed by atoms with E-state index in [0.717, 1.165) is 0 Å². The zero-order chi connectivity index (χ0) is 19.2. The van der Waals surface area contributed by atoms with E-state index in [1.165, 1.54) is 0 Å². The molecule has 0 radical (unpaired) electrons. The highest BCUT2D eigenvalue weighted by atomic mass is 35.5. The maximum atomic E-state index is 12.6. The lowest BCUT2D eigenvalue weighted by Gasteiger charge is -2.21. The van der Waals surface area contributed by atoms with Crippen LogP contribution in [0.2, 0.25) is 10.0 Å². The molecule has 0 saturated carbocycles. The van der Waals surface area contributed by atoms with E-state index in [4.69, 9.17) is 23.2 Å². The van der Waals surface area contributed by atoms with Gasteiger partial charge in [-0.25, -0.2) is 0 Å². The van der Waals surface area contributed by atoms with Gasteiger partial charge in [-0.05, 0) is 42.0 Å². The summed E-state index contributed by atoms with van der Waals surface area (Å²) in [5.74, 6) is -0.639. The van der Waals surface area contributed by atoms with Gasteiger partial charge in [-0.1, -0.05) is 65.7 Å². The lowest BCUT2D eigenvalue weighted by atomic mass is 10.1. The van der Waals surface area contributed by atoms with Crippen molar-refractivity contribution in [2.24, 2.45) is 0 Å². The van der Waals surface area contributed by atoms with Crippen LogP contribution in [0.4, 0.5) is 0 Å². The molecule has 0 unspecified atom stereocenters. The molecule has 0 saturated heterocycles. The summed E-state index contributed by atoms with van der Waals surface area (Å²) < 4.78 is 0. The number of nitrogens with one attached hydrogen (secondary N) is 2. The molecule has 4 nitrogen and oxygen atoms in total. The number of halogens is 2. The highest BCUT2D eigenvalue weighted by Gasteiger charge is 2.19. The summed E-state index contributed by atoms with van der Waals surface area (Å²) in [6, 6.07) is 22.4. The molecule has 2 amide bonds. The number of amides is 2. The van der Waals surface area contributed by atoms with Crippen molar-refractivity contribution in [3.05, 3.63) is 106 Å². The first-order chi connectivity index (χ1) is 13.0. The second-order valence-electron chi connectivity index (χ2n) is 5.79. The van der Waals surface area contributed by atoms with Gasteiger partial charge in [0.2, 0.25) is 0 Å². The molecule has 27 heavy (non-hydrogen) atoms. The van der Waals surface area contributed by atoms with Gasteiger partial charge in [0.1, 0.15) is 6.17 Å². The normalized spacial score (nSPS) is 10.5. The number of benzene rings is 3. The minimum atomic E-state index is -0.778. The predicted molar refractivity (Wildman–Crippen MR) is 107 cm³/mol. The third-order valence-electron chi connectivity index (χ3n) is 3.90. The summed E-state index contributed by atoms with van der Waals surface area (Å²) in [4.78, 5) is 25.2. The van der Waals surface area contributed by atoms with E-state index in [1.807, 2.05) is 12.1 Å². The monoisotopic (exact) mass is 398 g/mol. The second kappa shape index (κ2) is 8.71. The minimum Gasteiger partial charge on any atom is -0.328 e. The summed E-state index contributed by atoms with van der Waals surface area (Å²) in [6.45, 7) is 0. The molecule has 0 bridgehead atoms. The SMILES string of the molecule is O=C(NC(NC(=O)c1ccccc1)c1ccc(Cl)c(Cl)c1)c1ccccc1. The van der Waals surface area contributed by atoms with E-state index in [1.54, 1.807) is 66.7 Å². The van der Waals surface area contributed by atoms with Crippen LogP contribution in [0.3, 0.4) is 0 Å². The fourth-order valence-electron chi connectivity index (χ4n) is 2.50. The standard InChI is InChI=1S/C21H16Cl2N2O2/c22-17-12-11-16(13-18(17)23)19(24-20(26)14-7-3-1-4-8-14)25-21(27)15-9-5-2-6-10-15/h1-13,19H,(H,24,26)(H,25,27). The van der Waals surface area contributed by atoms with Crippen molar-refractivity contribution in [1.29, 1.82) is 0 Å². The first-order valence-corrected chi connectivity index (χ1v) is 8.97. The number of hydrogen-bond acceptors (Lipinski definition) is 2. The smallest absolute Gasteiger partial charge is 0.253 e. The van der Waals surface area contributed by atoms with Crippen molar-refractivity contribution in [2.45, 2.75) is 6.17 Å². The molecule has 0 fully saturated rings. The Hall–Kier alpha value is -2.82. The van der Waals surface area contributed by atoms with Crippen LogP contribution < -0.4 is 10.6 Å². The van der Waals surface area contributed by atoms with E-state index in [9.17, 15) is 9.59 Å². The van der Waals surface area contributed by atoms with Gasteiger partial charge in [-0.3, -0.25) is 9.59 Å². The highest BCUT2D eigenvalue weighted by molar-refractivity contribution is 6.42. The minimum absolute atomic E-state index is 0.319. The third kappa shape index (κ3) is 4.88. The molecular weight excluding hydrogens is 383 g/mol. The molecule has 0 aliphatic heterocycles. The number of carbonyl (C=O) groups excluding carboxylic acids is 2. The summed E-state index contributed by atoms with van der Waals surface area (Å²) in [5.41, 5.74) is 1.58. The summed E-state index contributed by atoms with van der Waals surface area (Å²) in [6.07, 6.45) is -0.778. The Morgan fingerprint density at radius 1 is 0.667 bits per heavy atom. The Balaban J connectivity index is 1.87. The average Bonchev–Trinajstić information content (AvgIpc) is 2.70. The quantitative estimate of drug-likeness (QED) is 0.603. The van der Waals surface area contributed by atoms with Crippen LogP contribution in [0, 0.1) is 0 Å². The summed E-state index contributed by atoms with van der Waals surface area (Å²) >= 11 is 12.1. The molecule has 136 valence electrons. The summed E-state index contributed by atoms with van der Waals surface area (Å²) in [5, 5.41) is 6.38. The fraction of sp³-hybridized carbons (Fsp3) is 0.0476. The van der Waals surface area contributed by atoms with Crippen LogP contribution in [0.25, 0.3) is 0 Å². The Morgan fingerprint density at radius 2 is 1.15 bits per heavy atom. The number of rotatable bonds is 5. The zero-order valence-electron chi connectivity index (χ0n) is 14.2. The first kappa shape index (κ1) is 19.0. The summed E-state index contributed by atoms with van der Waals surface area (Å²) in [7, 11) is 0. The van der Waals surface area contributed by atoms with Gasteiger partial charge in [0.05, 0.1) is 10.0 Å². The van der Waals surface area contributed by atoms with Gasteiger partial charge in [0.15, 0.2) is 0 Å². The second-order valence-corrected chi connectivity index (χ2v) is 6.60. The number of hydrogen-bond donors (Lipinski definition) is 2. The molecule has 0 aliphatic rings. The molecule has 0 heterocycles. The van der Waals surface area contributed by atoms with E-state index >= 15 is 0 Å². The van der Waals surface area contributed by atoms with Gasteiger partial charge < -0.3 is 10.6 Å². The van der Waals surface area contributed by atoms with Crippen LogP contribution in [0.15, 0.2) is 78.9 Å². The Labute approximate surface area is 167 Å². The highest BCUT2D eigenvalue weighted by Crippen LogP contribution is 2.25. The van der Waals surface area contributed by atoms with Crippen molar-refractivity contribution in [2.75, 3.05) is 0 Å². The van der Waals surface area contributed by atoms with Crippen LogP contribution in [-0.2, 0) is 0 Å². The van der Waals surface area contributed by atoms with Crippen LogP contribution >= 0.6 is 23.2 Å². The molecule has 6 heteroatoms. The van der Waals surface area contributed by atoms with E-state index in [-0.39, 0.29) is 11.8 Å². The molecule has 0 aliphatic carbocycles. The van der Waals surface area contributed by atoms with Crippen LogP contribution in [0.1, 0.15) is 32.4 Å². The third-order valence-corrected chi connectivity index (χ3v) is 4.64.